The fourth-order valence-electron chi connectivity index (χ4n) is 2.04. The van der Waals surface area contributed by atoms with Gasteiger partial charge in [0, 0.05) is 10.8 Å². The Balaban J connectivity index is 1.68. The third kappa shape index (κ3) is 4.52. The highest BCUT2D eigenvalue weighted by Gasteiger charge is 2.05. The van der Waals surface area contributed by atoms with E-state index in [0.29, 0.717) is 15.9 Å². The van der Waals surface area contributed by atoms with Crippen LogP contribution in [0.2, 0.25) is 5.02 Å². The predicted octanol–water partition coefficient (Wildman–Crippen LogP) is 3.82. The van der Waals surface area contributed by atoms with Crippen molar-refractivity contribution in [2.45, 2.75) is 10.9 Å². The average Bonchev–Trinajstić information content (AvgIpc) is 3.07. The number of nitrogens with zero attached hydrogens (tertiary/aromatic N) is 4. The summed E-state index contributed by atoms with van der Waals surface area (Å²) in [5.41, 5.74) is 1.87. The maximum Gasteiger partial charge on any atom is 0.212 e. The van der Waals surface area contributed by atoms with Crippen molar-refractivity contribution in [2.75, 3.05) is 7.11 Å². The van der Waals surface area contributed by atoms with Gasteiger partial charge in [-0.3, -0.25) is 0 Å². The largest absolute Gasteiger partial charge is 0.504 e. The quantitative estimate of drug-likeness (QED) is 0.524. The summed E-state index contributed by atoms with van der Waals surface area (Å²) in [5.74, 6) is 1.21. The van der Waals surface area contributed by atoms with Crippen LogP contribution in [0.3, 0.4) is 0 Å². The fourth-order valence-corrected chi connectivity index (χ4v) is 2.98. The summed E-state index contributed by atoms with van der Waals surface area (Å²) in [7, 11) is 1.50. The van der Waals surface area contributed by atoms with Crippen molar-refractivity contribution in [3.8, 4) is 11.5 Å². The Morgan fingerprint density at radius 3 is 2.80 bits per heavy atom. The molecule has 0 atom stereocenters. The lowest BCUT2D eigenvalue weighted by molar-refractivity contribution is 0.373. The molecule has 0 aliphatic heterocycles. The molecule has 0 bridgehead atoms. The molecule has 0 amide bonds. The van der Waals surface area contributed by atoms with Crippen LogP contribution >= 0.6 is 23.4 Å². The first-order valence-electron chi connectivity index (χ1n) is 7.34. The minimum atomic E-state index is 0.0625. The number of hydrogen-bond acceptors (Lipinski definition) is 6. The number of rotatable bonds is 6. The molecular formula is C17H15ClN4O2S. The van der Waals surface area contributed by atoms with Crippen LogP contribution in [-0.2, 0) is 5.75 Å². The summed E-state index contributed by atoms with van der Waals surface area (Å²) < 4.78 is 6.60. The second kappa shape index (κ2) is 8.04. The van der Waals surface area contributed by atoms with Crippen molar-refractivity contribution < 1.29 is 9.84 Å². The van der Waals surface area contributed by atoms with E-state index in [-0.39, 0.29) is 5.75 Å². The van der Waals surface area contributed by atoms with Gasteiger partial charge in [-0.25, -0.2) is 0 Å². The fraction of sp³-hybridized carbons (Fsp3) is 0.118. The molecule has 2 aromatic carbocycles. The number of hydrogen-bond donors (Lipinski definition) is 1. The van der Waals surface area contributed by atoms with E-state index in [0.717, 1.165) is 16.9 Å². The van der Waals surface area contributed by atoms with Gasteiger partial charge in [0.15, 0.2) is 11.5 Å². The van der Waals surface area contributed by atoms with Crippen molar-refractivity contribution >= 4 is 29.6 Å². The Morgan fingerprint density at radius 1 is 1.28 bits per heavy atom. The van der Waals surface area contributed by atoms with Gasteiger partial charge >= 0.3 is 0 Å². The Labute approximate surface area is 154 Å². The summed E-state index contributed by atoms with van der Waals surface area (Å²) in [4.78, 5) is 0. The lowest BCUT2D eigenvalue weighted by Crippen LogP contribution is -1.93. The third-order valence-corrected chi connectivity index (χ3v) is 4.57. The lowest BCUT2D eigenvalue weighted by atomic mass is 10.2. The second-order valence-corrected chi connectivity index (χ2v) is 6.43. The van der Waals surface area contributed by atoms with Crippen LogP contribution in [0, 0.1) is 0 Å². The molecule has 25 heavy (non-hydrogen) atoms. The van der Waals surface area contributed by atoms with Crippen molar-refractivity contribution in [1.82, 2.24) is 14.9 Å². The number of benzene rings is 2. The highest BCUT2D eigenvalue weighted by Crippen LogP contribution is 2.26. The Morgan fingerprint density at radius 2 is 2.08 bits per heavy atom. The SMILES string of the molecule is COc1ccc(/C=N\n2cnnc2SCc2ccc(Cl)cc2)cc1O. The van der Waals surface area contributed by atoms with E-state index in [9.17, 15) is 5.11 Å². The van der Waals surface area contributed by atoms with Crippen LogP contribution in [0.4, 0.5) is 0 Å². The second-order valence-electron chi connectivity index (χ2n) is 5.05. The minimum Gasteiger partial charge on any atom is -0.504 e. The molecule has 3 rings (SSSR count). The molecule has 0 unspecified atom stereocenters. The number of phenolic OH excluding ortho intramolecular Hbond substituents is 1. The summed E-state index contributed by atoms with van der Waals surface area (Å²) in [6.45, 7) is 0. The first-order chi connectivity index (χ1) is 12.2. The molecule has 0 radical (unpaired) electrons. The Bertz CT molecular complexity index is 881. The molecule has 0 saturated heterocycles. The molecular weight excluding hydrogens is 360 g/mol. The van der Waals surface area contributed by atoms with Crippen LogP contribution in [0.25, 0.3) is 0 Å². The molecule has 128 valence electrons. The van der Waals surface area contributed by atoms with Crippen LogP contribution < -0.4 is 4.74 Å². The zero-order valence-corrected chi connectivity index (χ0v) is 14.9. The van der Waals surface area contributed by atoms with Crippen molar-refractivity contribution in [3.63, 3.8) is 0 Å². The standard InChI is InChI=1S/C17H15ClN4O2S/c1-24-16-7-4-13(8-15(16)23)9-20-22-11-19-21-17(22)25-10-12-2-5-14(18)6-3-12/h2-9,11,23H,10H2,1H3/b20-9-. The first kappa shape index (κ1) is 17.3. The van der Waals surface area contributed by atoms with Crippen molar-refractivity contribution in [1.29, 1.82) is 0 Å². The maximum atomic E-state index is 9.80. The smallest absolute Gasteiger partial charge is 0.212 e. The molecule has 1 aromatic heterocycles. The molecule has 0 aliphatic carbocycles. The lowest BCUT2D eigenvalue weighted by Gasteiger charge is -2.03. The normalized spacial score (nSPS) is 11.1. The molecule has 0 spiro atoms. The maximum absolute atomic E-state index is 9.80. The molecule has 0 aliphatic rings. The van der Waals surface area contributed by atoms with Crippen molar-refractivity contribution in [3.05, 3.63) is 64.9 Å². The van der Waals surface area contributed by atoms with Gasteiger partial charge < -0.3 is 9.84 Å². The number of phenols is 1. The van der Waals surface area contributed by atoms with Gasteiger partial charge in [0.1, 0.15) is 6.33 Å². The van der Waals surface area contributed by atoms with Gasteiger partial charge in [-0.2, -0.15) is 9.78 Å². The van der Waals surface area contributed by atoms with E-state index in [1.165, 1.54) is 25.2 Å². The van der Waals surface area contributed by atoms with Gasteiger partial charge in [0.25, 0.3) is 0 Å². The summed E-state index contributed by atoms with van der Waals surface area (Å²) in [6, 6.07) is 12.7. The summed E-state index contributed by atoms with van der Waals surface area (Å²) in [5, 5.41) is 23.5. The van der Waals surface area contributed by atoms with E-state index in [1.807, 2.05) is 24.3 Å². The van der Waals surface area contributed by atoms with E-state index in [1.54, 1.807) is 29.1 Å². The topological polar surface area (TPSA) is 72.5 Å². The van der Waals surface area contributed by atoms with E-state index in [4.69, 9.17) is 16.3 Å². The molecule has 1 heterocycles. The number of aromatic hydroxyl groups is 1. The van der Waals surface area contributed by atoms with E-state index < -0.39 is 0 Å². The van der Waals surface area contributed by atoms with Gasteiger partial charge in [0.2, 0.25) is 5.16 Å². The number of ether oxygens (including phenoxy) is 1. The van der Waals surface area contributed by atoms with Crippen LogP contribution in [0.1, 0.15) is 11.1 Å². The number of halogens is 1. The predicted molar refractivity (Wildman–Crippen MR) is 98.7 cm³/mol. The average molecular weight is 375 g/mol. The first-order valence-corrected chi connectivity index (χ1v) is 8.70. The summed E-state index contributed by atoms with van der Waals surface area (Å²) in [6.07, 6.45) is 3.15. The highest BCUT2D eigenvalue weighted by atomic mass is 35.5. The number of aromatic nitrogens is 3. The Hall–Kier alpha value is -2.51. The monoisotopic (exact) mass is 374 g/mol. The van der Waals surface area contributed by atoms with Crippen LogP contribution in [0.15, 0.2) is 59.0 Å². The zero-order valence-electron chi connectivity index (χ0n) is 13.3. The third-order valence-electron chi connectivity index (χ3n) is 3.32. The number of methoxy groups -OCH3 is 1. The molecule has 0 saturated carbocycles. The van der Waals surface area contributed by atoms with Gasteiger partial charge in [-0.1, -0.05) is 35.5 Å². The van der Waals surface area contributed by atoms with Gasteiger partial charge in [0.05, 0.1) is 13.3 Å². The van der Waals surface area contributed by atoms with Crippen molar-refractivity contribution in [2.24, 2.45) is 5.10 Å². The molecule has 8 heteroatoms. The number of thioether (sulfide) groups is 1. The minimum absolute atomic E-state index is 0.0625. The van der Waals surface area contributed by atoms with E-state index >= 15 is 0 Å². The zero-order chi connectivity index (χ0) is 17.6. The Kier molecular flexibility index (Phi) is 5.57. The summed E-state index contributed by atoms with van der Waals surface area (Å²) >= 11 is 7.41. The van der Waals surface area contributed by atoms with Gasteiger partial charge in [-0.05, 0) is 41.5 Å². The molecule has 3 aromatic rings. The van der Waals surface area contributed by atoms with Gasteiger partial charge in [-0.15, -0.1) is 10.2 Å². The molecule has 6 nitrogen and oxygen atoms in total. The van der Waals surface area contributed by atoms with Crippen LogP contribution in [-0.4, -0.2) is 33.3 Å². The van der Waals surface area contributed by atoms with Crippen LogP contribution in [0.5, 0.6) is 11.5 Å². The van der Waals surface area contributed by atoms with E-state index in [2.05, 4.69) is 15.3 Å². The highest BCUT2D eigenvalue weighted by molar-refractivity contribution is 7.98. The molecule has 0 fully saturated rings. The molecule has 1 N–H and O–H groups in total.